The summed E-state index contributed by atoms with van der Waals surface area (Å²) >= 11 is 0. The van der Waals surface area contributed by atoms with Gasteiger partial charge in [0.1, 0.15) is 12.2 Å². The van der Waals surface area contributed by atoms with E-state index in [4.69, 9.17) is 0 Å². The number of H-pyrrole nitrogens is 1. The van der Waals surface area contributed by atoms with Crippen LogP contribution in [-0.4, -0.2) is 39.1 Å². The van der Waals surface area contributed by atoms with Gasteiger partial charge in [0.15, 0.2) is 0 Å². The number of aromatic nitrogens is 3. The van der Waals surface area contributed by atoms with Gasteiger partial charge in [0.05, 0.1) is 24.0 Å². The fraction of sp³-hybridized carbons (Fsp3) is 0.318. The zero-order chi connectivity index (χ0) is 18.9. The first kappa shape index (κ1) is 17.1. The molecule has 0 radical (unpaired) electrons. The second-order valence-electron chi connectivity index (χ2n) is 7.49. The summed E-state index contributed by atoms with van der Waals surface area (Å²) in [6, 6.07) is 16.7. The van der Waals surface area contributed by atoms with Crippen molar-refractivity contribution in [3.05, 3.63) is 71.8 Å². The fourth-order valence-electron chi connectivity index (χ4n) is 4.49. The quantitative estimate of drug-likeness (QED) is 0.764. The predicted molar refractivity (Wildman–Crippen MR) is 107 cm³/mol. The number of aromatic amines is 1. The Morgan fingerprint density at radius 2 is 1.71 bits per heavy atom. The molecule has 0 spiro atoms. The fourth-order valence-corrected chi connectivity index (χ4v) is 4.49. The lowest BCUT2D eigenvalue weighted by molar-refractivity contribution is -0.119. The molecule has 1 saturated heterocycles. The van der Waals surface area contributed by atoms with Gasteiger partial charge >= 0.3 is 0 Å². The molecule has 3 heterocycles. The smallest absolute Gasteiger partial charge is 0.245 e. The third kappa shape index (κ3) is 2.99. The van der Waals surface area contributed by atoms with Crippen LogP contribution in [0.2, 0.25) is 0 Å². The molecule has 5 rings (SSSR count). The van der Waals surface area contributed by atoms with Crippen LogP contribution in [0.3, 0.4) is 0 Å². The van der Waals surface area contributed by atoms with Crippen LogP contribution >= 0.6 is 0 Å². The number of hydrogen-bond donors (Lipinski definition) is 1. The molecule has 142 valence electrons. The number of para-hydroxylation sites is 2. The molecule has 0 saturated carbocycles. The van der Waals surface area contributed by atoms with Crippen LogP contribution in [0.4, 0.5) is 11.4 Å². The van der Waals surface area contributed by atoms with Gasteiger partial charge in [-0.3, -0.25) is 19.7 Å². The van der Waals surface area contributed by atoms with Crippen LogP contribution in [-0.2, 0) is 17.6 Å². The van der Waals surface area contributed by atoms with Crippen molar-refractivity contribution in [2.24, 2.45) is 0 Å². The maximum Gasteiger partial charge on any atom is 0.245 e. The van der Waals surface area contributed by atoms with Crippen LogP contribution in [0.25, 0.3) is 0 Å². The van der Waals surface area contributed by atoms with E-state index in [1.807, 2.05) is 17.0 Å². The molecule has 0 unspecified atom stereocenters. The Morgan fingerprint density at radius 3 is 2.36 bits per heavy atom. The maximum atomic E-state index is 13.6. The van der Waals surface area contributed by atoms with Crippen molar-refractivity contribution in [2.45, 2.75) is 31.7 Å². The largest absolute Gasteiger partial charge is 0.284 e. The maximum absolute atomic E-state index is 13.6. The SMILES string of the molecule is O=C(CN1CCC[C@H]1c1ncn[nH]1)N1c2ccccc2CCc2ccccc21. The Balaban J connectivity index is 1.49. The number of fused-ring (bicyclic) bond motifs is 2. The minimum Gasteiger partial charge on any atom is -0.284 e. The molecule has 0 bridgehead atoms. The number of nitrogens with zero attached hydrogens (tertiary/aromatic N) is 4. The Hall–Kier alpha value is -2.99. The Kier molecular flexibility index (Phi) is 4.41. The first-order valence-corrected chi connectivity index (χ1v) is 9.89. The topological polar surface area (TPSA) is 65.1 Å². The van der Waals surface area contributed by atoms with Crippen molar-refractivity contribution in [1.82, 2.24) is 20.1 Å². The number of carbonyl (C=O) groups is 1. The highest BCUT2D eigenvalue weighted by atomic mass is 16.2. The second-order valence-corrected chi connectivity index (χ2v) is 7.49. The van der Waals surface area contributed by atoms with Gasteiger partial charge in [-0.05, 0) is 55.5 Å². The van der Waals surface area contributed by atoms with E-state index in [1.54, 1.807) is 0 Å². The highest BCUT2D eigenvalue weighted by Crippen LogP contribution is 2.37. The molecular formula is C22H23N5O. The van der Waals surface area contributed by atoms with Crippen LogP contribution in [0.1, 0.15) is 35.8 Å². The zero-order valence-electron chi connectivity index (χ0n) is 15.7. The Bertz CT molecular complexity index is 937. The van der Waals surface area contributed by atoms with E-state index in [0.29, 0.717) is 6.54 Å². The standard InChI is InChI=1S/C22H23N5O/c28-21(14-26-13-5-10-20(26)22-23-15-24-25-22)27-18-8-3-1-6-16(18)11-12-17-7-2-4-9-19(17)27/h1-4,6-9,15,20H,5,10-14H2,(H,23,24,25)/t20-/m0/s1. The Labute approximate surface area is 164 Å². The van der Waals surface area contributed by atoms with Gasteiger partial charge in [-0.2, -0.15) is 5.10 Å². The van der Waals surface area contributed by atoms with Gasteiger partial charge in [-0.1, -0.05) is 36.4 Å². The number of anilines is 2. The summed E-state index contributed by atoms with van der Waals surface area (Å²) in [6.45, 7) is 1.27. The third-order valence-corrected chi connectivity index (χ3v) is 5.83. The summed E-state index contributed by atoms with van der Waals surface area (Å²) in [6.07, 6.45) is 5.49. The first-order valence-electron chi connectivity index (χ1n) is 9.89. The normalized spacial score (nSPS) is 19.1. The molecule has 6 nitrogen and oxygen atoms in total. The molecule has 0 aliphatic carbocycles. The molecule has 1 aromatic heterocycles. The number of aryl methyl sites for hydroxylation is 2. The van der Waals surface area contributed by atoms with Crippen molar-refractivity contribution in [3.8, 4) is 0 Å². The highest BCUT2D eigenvalue weighted by molar-refractivity contribution is 6.03. The first-order chi connectivity index (χ1) is 13.8. The van der Waals surface area contributed by atoms with Crippen LogP contribution < -0.4 is 4.90 Å². The van der Waals surface area contributed by atoms with E-state index >= 15 is 0 Å². The summed E-state index contributed by atoms with van der Waals surface area (Å²) in [5.41, 5.74) is 4.46. The van der Waals surface area contributed by atoms with Crippen molar-refractivity contribution in [2.75, 3.05) is 18.0 Å². The van der Waals surface area contributed by atoms with E-state index in [2.05, 4.69) is 56.5 Å². The van der Waals surface area contributed by atoms with Gasteiger partial charge in [-0.25, -0.2) is 4.98 Å². The minimum absolute atomic E-state index is 0.105. The van der Waals surface area contributed by atoms with Gasteiger partial charge in [0, 0.05) is 0 Å². The number of rotatable bonds is 3. The van der Waals surface area contributed by atoms with Crippen LogP contribution in [0.15, 0.2) is 54.9 Å². The van der Waals surface area contributed by atoms with Gasteiger partial charge in [-0.15, -0.1) is 0 Å². The molecule has 1 N–H and O–H groups in total. The van der Waals surface area contributed by atoms with Gasteiger partial charge < -0.3 is 0 Å². The number of likely N-dealkylation sites (tertiary alicyclic amines) is 1. The molecule has 1 fully saturated rings. The summed E-state index contributed by atoms with van der Waals surface area (Å²) in [5, 5.41) is 6.96. The molecule has 2 aliphatic heterocycles. The van der Waals surface area contributed by atoms with Crippen LogP contribution in [0, 0.1) is 0 Å². The average molecular weight is 373 g/mol. The van der Waals surface area contributed by atoms with Crippen molar-refractivity contribution in [3.63, 3.8) is 0 Å². The number of nitrogens with one attached hydrogen (secondary N) is 1. The molecular weight excluding hydrogens is 350 g/mol. The molecule has 1 amide bonds. The third-order valence-electron chi connectivity index (χ3n) is 5.83. The Morgan fingerprint density at radius 1 is 1.04 bits per heavy atom. The molecule has 2 aromatic carbocycles. The molecule has 28 heavy (non-hydrogen) atoms. The predicted octanol–water partition coefficient (Wildman–Crippen LogP) is 3.41. The molecule has 2 aliphatic rings. The lowest BCUT2D eigenvalue weighted by Gasteiger charge is -2.29. The summed E-state index contributed by atoms with van der Waals surface area (Å²) in [5.74, 6) is 0.954. The lowest BCUT2D eigenvalue weighted by Crippen LogP contribution is -2.38. The van der Waals surface area contributed by atoms with Gasteiger partial charge in [0.25, 0.3) is 0 Å². The number of amides is 1. The average Bonchev–Trinajstić information content (AvgIpc) is 3.37. The summed E-state index contributed by atoms with van der Waals surface area (Å²) in [4.78, 5) is 22.1. The molecule has 1 atom stereocenters. The number of carbonyl (C=O) groups excluding carboxylic acids is 1. The molecule has 6 heteroatoms. The van der Waals surface area contributed by atoms with E-state index in [9.17, 15) is 4.79 Å². The number of hydrogen-bond acceptors (Lipinski definition) is 4. The zero-order valence-corrected chi connectivity index (χ0v) is 15.7. The van der Waals surface area contributed by atoms with E-state index in [1.165, 1.54) is 17.5 Å². The van der Waals surface area contributed by atoms with E-state index < -0.39 is 0 Å². The van der Waals surface area contributed by atoms with Gasteiger partial charge in [0.2, 0.25) is 5.91 Å². The number of benzene rings is 2. The monoisotopic (exact) mass is 373 g/mol. The van der Waals surface area contributed by atoms with E-state index in [0.717, 1.165) is 49.4 Å². The summed E-state index contributed by atoms with van der Waals surface area (Å²) < 4.78 is 0. The second kappa shape index (κ2) is 7.20. The van der Waals surface area contributed by atoms with Crippen molar-refractivity contribution < 1.29 is 4.79 Å². The summed E-state index contributed by atoms with van der Waals surface area (Å²) in [7, 11) is 0. The molecule has 3 aromatic rings. The van der Waals surface area contributed by atoms with Crippen molar-refractivity contribution in [1.29, 1.82) is 0 Å². The lowest BCUT2D eigenvalue weighted by atomic mass is 10.0. The van der Waals surface area contributed by atoms with E-state index in [-0.39, 0.29) is 11.9 Å². The van der Waals surface area contributed by atoms with Crippen LogP contribution in [0.5, 0.6) is 0 Å². The highest BCUT2D eigenvalue weighted by Gasteiger charge is 2.33. The van der Waals surface area contributed by atoms with Crippen molar-refractivity contribution >= 4 is 17.3 Å². The minimum atomic E-state index is 0.105.